The molecule has 0 atom stereocenters. The number of benzene rings is 10. The van der Waals surface area contributed by atoms with Crippen LogP contribution in [-0.4, -0.2) is 17.2 Å². The Hall–Kier alpha value is -7.98. The monoisotopic (exact) mass is 818 g/mol. The van der Waals surface area contributed by atoms with Crippen molar-refractivity contribution < 1.29 is 0 Å². The predicted molar refractivity (Wildman–Crippen MR) is 270 cm³/mol. The van der Waals surface area contributed by atoms with E-state index in [1.54, 1.807) is 0 Å². The third kappa shape index (κ3) is 5.71. The van der Waals surface area contributed by atoms with E-state index in [0.717, 1.165) is 11.2 Å². The van der Waals surface area contributed by atoms with E-state index >= 15 is 0 Å². The standard InChI is InChI=1S/C60H42N2Si/c1-6-23-43(24-7-1)48-35-20-36-49(44-25-8-2-9-26-44)59(48)61-54-39-19-17-34-52(54)58-55(61)40-22-41-56(58)62-53-38-18-16-33-50(53)51-37-21-42-57(60(51)62)63(45-27-10-3-11-28-45,46-29-12-4-13-30-46)47-31-14-5-15-32-47/h1-42H. The number of rotatable bonds is 8. The summed E-state index contributed by atoms with van der Waals surface area (Å²) < 4.78 is 5.14. The molecule has 10 aromatic carbocycles. The van der Waals surface area contributed by atoms with Crippen LogP contribution < -0.4 is 20.7 Å². The molecule has 63 heavy (non-hydrogen) atoms. The topological polar surface area (TPSA) is 9.86 Å². The number of para-hydroxylation sites is 4. The lowest BCUT2D eigenvalue weighted by Gasteiger charge is -2.35. The molecule has 2 nitrogen and oxygen atoms in total. The summed E-state index contributed by atoms with van der Waals surface area (Å²) in [6.45, 7) is 0. The molecule has 0 bridgehead atoms. The van der Waals surface area contributed by atoms with Crippen LogP contribution in [0.5, 0.6) is 0 Å². The maximum atomic E-state index is 2.61. The highest BCUT2D eigenvalue weighted by Gasteiger charge is 2.43. The first-order valence-electron chi connectivity index (χ1n) is 21.8. The van der Waals surface area contributed by atoms with E-state index in [4.69, 9.17) is 0 Å². The molecule has 0 unspecified atom stereocenters. The Morgan fingerprint density at radius 3 is 1.25 bits per heavy atom. The Labute approximate surface area is 368 Å². The van der Waals surface area contributed by atoms with Crippen LogP contribution >= 0.6 is 0 Å². The zero-order valence-corrected chi connectivity index (χ0v) is 35.6. The highest BCUT2D eigenvalue weighted by Crippen LogP contribution is 2.44. The molecule has 0 fully saturated rings. The molecule has 12 aromatic rings. The average Bonchev–Trinajstić information content (AvgIpc) is 3.89. The first-order valence-corrected chi connectivity index (χ1v) is 23.8. The lowest BCUT2D eigenvalue weighted by molar-refractivity contribution is 1.17. The minimum Gasteiger partial charge on any atom is -0.309 e. The van der Waals surface area contributed by atoms with Crippen molar-refractivity contribution in [1.82, 2.24) is 9.13 Å². The van der Waals surface area contributed by atoms with Crippen molar-refractivity contribution in [3.63, 3.8) is 0 Å². The van der Waals surface area contributed by atoms with Crippen molar-refractivity contribution in [2.75, 3.05) is 0 Å². The third-order valence-corrected chi connectivity index (χ3v) is 17.9. The van der Waals surface area contributed by atoms with Crippen LogP contribution in [-0.2, 0) is 0 Å². The molecule has 0 aliphatic rings. The normalized spacial score (nSPS) is 11.8. The van der Waals surface area contributed by atoms with Gasteiger partial charge in [0.2, 0.25) is 0 Å². The number of hydrogen-bond donors (Lipinski definition) is 0. The molecule has 0 N–H and O–H groups in total. The van der Waals surface area contributed by atoms with Gasteiger partial charge in [-0.3, -0.25) is 0 Å². The molecule has 296 valence electrons. The quantitative estimate of drug-likeness (QED) is 0.107. The number of fused-ring (bicyclic) bond motifs is 6. The van der Waals surface area contributed by atoms with Crippen molar-refractivity contribution in [2.45, 2.75) is 0 Å². The van der Waals surface area contributed by atoms with Gasteiger partial charge in [0, 0.05) is 32.7 Å². The van der Waals surface area contributed by atoms with Gasteiger partial charge in [-0.2, -0.15) is 0 Å². The average molecular weight is 819 g/mol. The Morgan fingerprint density at radius 2 is 0.698 bits per heavy atom. The van der Waals surface area contributed by atoms with Gasteiger partial charge in [-0.25, -0.2) is 0 Å². The van der Waals surface area contributed by atoms with E-state index in [1.807, 2.05) is 0 Å². The van der Waals surface area contributed by atoms with Crippen molar-refractivity contribution >= 4 is 72.4 Å². The maximum absolute atomic E-state index is 2.98. The molecular weight excluding hydrogens is 777 g/mol. The summed E-state index contributed by atoms with van der Waals surface area (Å²) in [5.74, 6) is 0. The van der Waals surface area contributed by atoms with Crippen molar-refractivity contribution in [3.05, 3.63) is 255 Å². The van der Waals surface area contributed by atoms with Crippen LogP contribution in [0.15, 0.2) is 255 Å². The van der Waals surface area contributed by atoms with E-state index in [-0.39, 0.29) is 0 Å². The second-order valence-corrected chi connectivity index (χ2v) is 20.1. The van der Waals surface area contributed by atoms with Gasteiger partial charge in [0.25, 0.3) is 0 Å². The largest absolute Gasteiger partial charge is 0.309 e. The summed E-state index contributed by atoms with van der Waals surface area (Å²) in [6, 6.07) is 94.3. The molecule has 3 heteroatoms. The number of hydrogen-bond acceptors (Lipinski definition) is 0. The minimum absolute atomic E-state index is 1.16. The van der Waals surface area contributed by atoms with E-state index in [9.17, 15) is 0 Å². The van der Waals surface area contributed by atoms with E-state index in [0.29, 0.717) is 0 Å². The SMILES string of the molecule is c1ccc(-c2cccc(-c3ccccc3)c2-n2c3ccccc3c3c(-n4c5ccccc5c5cccc([Si](c6ccccc6)(c6ccccc6)c6ccccc6)c54)cccc32)cc1. The number of aromatic nitrogens is 2. The second-order valence-electron chi connectivity index (χ2n) is 16.4. The van der Waals surface area contributed by atoms with Crippen LogP contribution in [0.25, 0.3) is 77.2 Å². The molecule has 0 saturated carbocycles. The highest BCUT2D eigenvalue weighted by atomic mass is 28.3. The second kappa shape index (κ2) is 15.2. The van der Waals surface area contributed by atoms with Gasteiger partial charge in [0.15, 0.2) is 8.07 Å². The lowest BCUT2D eigenvalue weighted by atomic mass is 9.95. The molecule has 0 aliphatic heterocycles. The van der Waals surface area contributed by atoms with Crippen LogP contribution in [0.1, 0.15) is 0 Å². The van der Waals surface area contributed by atoms with Gasteiger partial charge in [-0.15, -0.1) is 0 Å². The molecular formula is C60H42N2Si. The van der Waals surface area contributed by atoms with Gasteiger partial charge >= 0.3 is 0 Å². The Kier molecular flexibility index (Phi) is 8.87. The molecule has 12 rings (SSSR count). The molecule has 0 saturated heterocycles. The summed E-state index contributed by atoms with van der Waals surface area (Å²) in [6.07, 6.45) is 0. The zero-order valence-electron chi connectivity index (χ0n) is 34.6. The van der Waals surface area contributed by atoms with Gasteiger partial charge in [-0.1, -0.05) is 231 Å². The minimum atomic E-state index is -2.98. The molecule has 2 heterocycles. The van der Waals surface area contributed by atoms with Crippen LogP contribution in [0.2, 0.25) is 0 Å². The van der Waals surface area contributed by atoms with Gasteiger partial charge < -0.3 is 9.13 Å². The first kappa shape index (κ1) is 36.8. The molecule has 0 radical (unpaired) electrons. The van der Waals surface area contributed by atoms with Crippen LogP contribution in [0, 0.1) is 0 Å². The van der Waals surface area contributed by atoms with E-state index in [2.05, 4.69) is 264 Å². The Balaban J connectivity index is 1.25. The highest BCUT2D eigenvalue weighted by molar-refractivity contribution is 7.20. The maximum Gasteiger partial charge on any atom is 0.181 e. The van der Waals surface area contributed by atoms with Crippen molar-refractivity contribution in [1.29, 1.82) is 0 Å². The molecule has 2 aromatic heterocycles. The van der Waals surface area contributed by atoms with Crippen LogP contribution in [0.4, 0.5) is 0 Å². The zero-order chi connectivity index (χ0) is 41.7. The van der Waals surface area contributed by atoms with Gasteiger partial charge in [0.05, 0.1) is 33.4 Å². The Bertz CT molecular complexity index is 3440. The molecule has 0 spiro atoms. The summed E-state index contributed by atoms with van der Waals surface area (Å²) in [4.78, 5) is 0. The third-order valence-electron chi connectivity index (χ3n) is 13.1. The summed E-state index contributed by atoms with van der Waals surface area (Å²) >= 11 is 0. The van der Waals surface area contributed by atoms with Gasteiger partial charge in [0.1, 0.15) is 0 Å². The fourth-order valence-electron chi connectivity index (χ4n) is 10.5. The van der Waals surface area contributed by atoms with E-state index < -0.39 is 8.07 Å². The lowest BCUT2D eigenvalue weighted by Crippen LogP contribution is -2.75. The Morgan fingerprint density at radius 1 is 0.286 bits per heavy atom. The molecule has 0 amide bonds. The smallest absolute Gasteiger partial charge is 0.181 e. The number of nitrogens with zero attached hydrogens (tertiary/aromatic N) is 2. The summed E-state index contributed by atoms with van der Waals surface area (Å²) in [7, 11) is -2.98. The van der Waals surface area contributed by atoms with Crippen LogP contribution in [0.3, 0.4) is 0 Å². The summed E-state index contributed by atoms with van der Waals surface area (Å²) in [5, 5.41) is 10.4. The fraction of sp³-hybridized carbons (Fsp3) is 0. The fourth-order valence-corrected chi connectivity index (χ4v) is 15.5. The van der Waals surface area contributed by atoms with E-state index in [1.165, 1.54) is 86.8 Å². The van der Waals surface area contributed by atoms with Crippen molar-refractivity contribution in [3.8, 4) is 33.6 Å². The predicted octanol–water partition coefficient (Wildman–Crippen LogP) is 12.6. The van der Waals surface area contributed by atoms with Crippen molar-refractivity contribution in [2.24, 2.45) is 0 Å². The van der Waals surface area contributed by atoms with Gasteiger partial charge in [-0.05, 0) is 56.1 Å². The molecule has 0 aliphatic carbocycles. The summed E-state index contributed by atoms with van der Waals surface area (Å²) in [5.41, 5.74) is 11.9. The first-order chi connectivity index (χ1) is 31.3.